The molecule has 542 valence electrons. The first-order valence-corrected chi connectivity index (χ1v) is 39.8. The summed E-state index contributed by atoms with van der Waals surface area (Å²) >= 11 is 0. The van der Waals surface area contributed by atoms with Crippen LogP contribution in [-0.2, 0) is 47.7 Å². The van der Waals surface area contributed by atoms with E-state index in [-0.39, 0.29) is 36.3 Å². The predicted octanol–water partition coefficient (Wildman–Crippen LogP) is 13.1. The van der Waals surface area contributed by atoms with Gasteiger partial charge in [-0.3, -0.25) is 43.6 Å². The third-order valence-electron chi connectivity index (χ3n) is 17.9. The first-order chi connectivity index (χ1) is 44.6. The Morgan fingerprint density at radius 1 is 0.359 bits per heavy atom. The van der Waals surface area contributed by atoms with Gasteiger partial charge >= 0.3 is 29.8 Å². The Morgan fingerprint density at radius 2 is 0.674 bits per heavy atom. The van der Waals surface area contributed by atoms with Crippen LogP contribution in [0.4, 0.5) is 0 Å². The maximum Gasteiger partial charge on any atom is 0.305 e. The molecule has 1 heterocycles. The van der Waals surface area contributed by atoms with Gasteiger partial charge in [0.15, 0.2) is 0 Å². The van der Waals surface area contributed by atoms with Crippen molar-refractivity contribution >= 4 is 51.4 Å². The molecule has 0 saturated carbocycles. The minimum absolute atomic E-state index is 0.110. The molecular weight excluding hydrogens is 1210 g/mol. The molecule has 0 spiro atoms. The van der Waals surface area contributed by atoms with E-state index in [1.165, 1.54) is 0 Å². The Kier molecular flexibility index (Phi) is 59.4. The van der Waals surface area contributed by atoms with E-state index in [9.17, 15) is 44.4 Å². The lowest BCUT2D eigenvalue weighted by Crippen LogP contribution is -2.47. The standard InChI is InChI=1S/C72H138N4O14S2/c1-7-13-51-86-68(81)38-27-19-15-23-36-66(79)58-76(59-67(80)37-24-16-20-28-39-69(82)87-52-14-8-2)44-33-42-70(83)88-53-49-73-45-47-74(48-46-73)50-55-92-91-54-32-31-43-75(56-64(77)34-25-17-21-29-40-71(84)89-60-62(9-3)10-4)57-65(78)35-26-18-22-30-41-72(85)90-61-63(11-5)12-6/h62-67,77-80H,7-61H2,1-6H3. The van der Waals surface area contributed by atoms with Gasteiger partial charge in [-0.15, -0.1) is 0 Å². The fourth-order valence-electron chi connectivity index (χ4n) is 11.3. The van der Waals surface area contributed by atoms with Gasteiger partial charge in [-0.1, -0.05) is 179 Å². The number of nitrogens with zero attached hydrogens (tertiary/aromatic N) is 4. The van der Waals surface area contributed by atoms with E-state index in [0.29, 0.717) is 142 Å². The van der Waals surface area contributed by atoms with Gasteiger partial charge in [-0.05, 0) is 108 Å². The molecule has 20 heteroatoms. The fraction of sp³-hybridized carbons (Fsp3) is 0.931. The number of aliphatic hydroxyl groups is 4. The van der Waals surface area contributed by atoms with Crippen LogP contribution >= 0.6 is 21.6 Å². The summed E-state index contributed by atoms with van der Waals surface area (Å²) in [6, 6.07) is 0. The van der Waals surface area contributed by atoms with Crippen molar-refractivity contribution in [1.29, 1.82) is 0 Å². The van der Waals surface area contributed by atoms with E-state index in [1.807, 2.05) is 21.6 Å². The normalized spacial score (nSPS) is 14.5. The Hall–Kier alpha value is -2.27. The highest BCUT2D eigenvalue weighted by molar-refractivity contribution is 8.76. The largest absolute Gasteiger partial charge is 0.466 e. The van der Waals surface area contributed by atoms with Crippen LogP contribution in [0.1, 0.15) is 273 Å². The molecule has 1 rings (SSSR count). The van der Waals surface area contributed by atoms with Crippen molar-refractivity contribution in [2.24, 2.45) is 11.8 Å². The molecule has 0 bridgehead atoms. The number of rotatable bonds is 66. The topological polar surface area (TPSA) is 225 Å². The molecule has 1 aliphatic heterocycles. The number of carbonyl (C=O) groups excluding carboxylic acids is 5. The molecule has 0 aromatic carbocycles. The van der Waals surface area contributed by atoms with Crippen molar-refractivity contribution in [3.8, 4) is 0 Å². The first-order valence-electron chi connectivity index (χ1n) is 37.3. The molecular formula is C72H138N4O14S2. The van der Waals surface area contributed by atoms with Crippen LogP contribution in [0.15, 0.2) is 0 Å². The highest BCUT2D eigenvalue weighted by Crippen LogP contribution is 2.24. The van der Waals surface area contributed by atoms with E-state index in [1.54, 1.807) is 0 Å². The van der Waals surface area contributed by atoms with Crippen molar-refractivity contribution in [3.05, 3.63) is 0 Å². The number of hydrogen-bond acceptors (Lipinski definition) is 20. The van der Waals surface area contributed by atoms with Crippen LogP contribution in [-0.4, -0.2) is 217 Å². The molecule has 1 aliphatic rings. The zero-order valence-corrected chi connectivity index (χ0v) is 61.0. The van der Waals surface area contributed by atoms with Gasteiger partial charge in [-0.25, -0.2) is 0 Å². The number of piperazine rings is 1. The van der Waals surface area contributed by atoms with Gasteiger partial charge in [-0.2, -0.15) is 0 Å². The lowest BCUT2D eigenvalue weighted by molar-refractivity contribution is -0.146. The molecule has 92 heavy (non-hydrogen) atoms. The minimum Gasteiger partial charge on any atom is -0.466 e. The zero-order valence-electron chi connectivity index (χ0n) is 59.3. The van der Waals surface area contributed by atoms with Crippen LogP contribution < -0.4 is 0 Å². The number of hydrogen-bond donors (Lipinski definition) is 4. The monoisotopic (exact) mass is 1350 g/mol. The number of esters is 5. The van der Waals surface area contributed by atoms with Crippen LogP contribution in [0, 0.1) is 11.8 Å². The Labute approximate surface area is 568 Å². The van der Waals surface area contributed by atoms with Crippen molar-refractivity contribution in [2.45, 2.75) is 297 Å². The maximum absolute atomic E-state index is 12.9. The van der Waals surface area contributed by atoms with Crippen LogP contribution in [0.2, 0.25) is 0 Å². The van der Waals surface area contributed by atoms with Crippen LogP contribution in [0.5, 0.6) is 0 Å². The molecule has 4 N–H and O–H groups in total. The van der Waals surface area contributed by atoms with Gasteiger partial charge in [0.25, 0.3) is 0 Å². The second kappa shape index (κ2) is 62.3. The highest BCUT2D eigenvalue weighted by Gasteiger charge is 2.21. The number of ether oxygens (including phenoxy) is 5. The Balaban J connectivity index is 2.47. The SMILES string of the molecule is CCCCOC(=O)CCCCCCC(O)CN(CCCC(=O)OCCN1CCN(CCSSCCCCN(CC(O)CCCCCCC(=O)OCC(CC)CC)CC(O)CCCCCCC(=O)OCC(CC)CC)CC1)CC(O)CCCCCCC(=O)OCCCC. The van der Waals surface area contributed by atoms with Gasteiger partial charge < -0.3 is 44.1 Å². The van der Waals surface area contributed by atoms with Crippen LogP contribution in [0.25, 0.3) is 0 Å². The maximum atomic E-state index is 12.9. The third-order valence-corrected chi connectivity index (χ3v) is 20.3. The summed E-state index contributed by atoms with van der Waals surface area (Å²) in [5.74, 6) is 2.24. The number of aliphatic hydroxyl groups excluding tert-OH is 4. The molecule has 18 nitrogen and oxygen atoms in total. The van der Waals surface area contributed by atoms with Crippen molar-refractivity contribution in [3.63, 3.8) is 0 Å². The summed E-state index contributed by atoms with van der Waals surface area (Å²) in [6.07, 6.45) is 27.1. The summed E-state index contributed by atoms with van der Waals surface area (Å²) in [5, 5.41) is 44.3. The smallest absolute Gasteiger partial charge is 0.305 e. The fourth-order valence-corrected chi connectivity index (χ4v) is 13.5. The lowest BCUT2D eigenvalue weighted by Gasteiger charge is -2.34. The number of unbranched alkanes of at least 4 members (excludes halogenated alkanes) is 15. The average Bonchev–Trinajstić information content (AvgIpc) is 3.01. The summed E-state index contributed by atoms with van der Waals surface area (Å²) in [4.78, 5) is 70.4. The summed E-state index contributed by atoms with van der Waals surface area (Å²) in [6.45, 7) is 23.9. The van der Waals surface area contributed by atoms with Gasteiger partial charge in [0, 0.05) is 109 Å². The van der Waals surface area contributed by atoms with Crippen LogP contribution in [0.3, 0.4) is 0 Å². The molecule has 0 aliphatic carbocycles. The molecule has 1 fully saturated rings. The molecule has 4 atom stereocenters. The quantitative estimate of drug-likeness (QED) is 0.0192. The second-order valence-corrected chi connectivity index (χ2v) is 28.9. The molecule has 0 amide bonds. The summed E-state index contributed by atoms with van der Waals surface area (Å²) in [7, 11) is 3.84. The van der Waals surface area contributed by atoms with E-state index in [0.717, 1.165) is 218 Å². The second-order valence-electron chi connectivity index (χ2n) is 26.2. The van der Waals surface area contributed by atoms with Gasteiger partial charge in [0.2, 0.25) is 0 Å². The first kappa shape index (κ1) is 87.7. The van der Waals surface area contributed by atoms with E-state index >= 15 is 0 Å². The predicted molar refractivity (Wildman–Crippen MR) is 377 cm³/mol. The molecule has 0 aromatic heterocycles. The molecule has 1 saturated heterocycles. The average molecular weight is 1350 g/mol. The van der Waals surface area contributed by atoms with E-state index < -0.39 is 24.4 Å². The Bertz CT molecular complexity index is 1660. The number of carbonyl (C=O) groups is 5. The zero-order chi connectivity index (χ0) is 67.5. The van der Waals surface area contributed by atoms with Crippen molar-refractivity contribution < 1.29 is 68.1 Å². The molecule has 4 unspecified atom stereocenters. The lowest BCUT2D eigenvalue weighted by atomic mass is 10.1. The molecule has 0 radical (unpaired) electrons. The Morgan fingerprint density at radius 3 is 1.04 bits per heavy atom. The molecule has 0 aromatic rings. The van der Waals surface area contributed by atoms with E-state index in [2.05, 4.69) is 61.1 Å². The van der Waals surface area contributed by atoms with Crippen molar-refractivity contribution in [1.82, 2.24) is 19.6 Å². The third kappa shape index (κ3) is 53.8. The van der Waals surface area contributed by atoms with E-state index in [4.69, 9.17) is 23.7 Å². The highest BCUT2D eigenvalue weighted by atomic mass is 33.1. The minimum atomic E-state index is -0.563. The summed E-state index contributed by atoms with van der Waals surface area (Å²) < 4.78 is 27.2. The van der Waals surface area contributed by atoms with Gasteiger partial charge in [0.1, 0.15) is 6.61 Å². The van der Waals surface area contributed by atoms with Gasteiger partial charge in [0.05, 0.1) is 50.8 Å². The van der Waals surface area contributed by atoms with Crippen molar-refractivity contribution in [2.75, 3.05) is 123 Å². The summed E-state index contributed by atoms with van der Waals surface area (Å²) in [5.41, 5.74) is 0.